The first kappa shape index (κ1) is 22.1. The van der Waals surface area contributed by atoms with Crippen LogP contribution in [-0.2, 0) is 35.7 Å². The second-order valence-corrected chi connectivity index (χ2v) is 10.2. The summed E-state index contributed by atoms with van der Waals surface area (Å²) in [6, 6.07) is 1.52. The number of nitrogens with zero attached hydrogens (tertiary/aromatic N) is 1. The van der Waals surface area contributed by atoms with E-state index < -0.39 is 16.1 Å². The van der Waals surface area contributed by atoms with Crippen LogP contribution in [0.1, 0.15) is 68.7 Å². The Balaban J connectivity index is 1.68. The normalized spacial score (nSPS) is 16.6. The van der Waals surface area contributed by atoms with Crippen molar-refractivity contribution in [3.8, 4) is 0 Å². The molecule has 2 aliphatic rings. The molecule has 0 heterocycles. The van der Waals surface area contributed by atoms with Crippen molar-refractivity contribution in [1.29, 1.82) is 0 Å². The number of carbonyl (C=O) groups excluding carboxylic acids is 1. The van der Waals surface area contributed by atoms with Gasteiger partial charge in [-0.15, -0.1) is 0 Å². The van der Waals surface area contributed by atoms with Gasteiger partial charge in [0.1, 0.15) is 0 Å². The lowest BCUT2D eigenvalue weighted by Crippen LogP contribution is -2.44. The third-order valence-corrected chi connectivity index (χ3v) is 7.48. The summed E-state index contributed by atoms with van der Waals surface area (Å²) in [5, 5.41) is 2.91. The number of hydrogen-bond acceptors (Lipinski definition) is 4. The number of sulfonamides is 1. The van der Waals surface area contributed by atoms with Crippen molar-refractivity contribution in [2.45, 2.75) is 78.2 Å². The molecule has 162 valence electrons. The maximum Gasteiger partial charge on any atom is 0.332 e. The summed E-state index contributed by atoms with van der Waals surface area (Å²) in [6.45, 7) is 7.82. The second-order valence-electron chi connectivity index (χ2n) is 8.46. The first-order valence-corrected chi connectivity index (χ1v) is 12.7. The van der Waals surface area contributed by atoms with Crippen molar-refractivity contribution in [3.05, 3.63) is 28.3 Å². The van der Waals surface area contributed by atoms with Gasteiger partial charge in [0, 0.05) is 11.7 Å². The van der Waals surface area contributed by atoms with Gasteiger partial charge in [-0.1, -0.05) is 19.9 Å². The molecule has 1 atom stereocenters. The molecule has 2 N–H and O–H groups in total. The molecular weight excluding hydrogens is 386 g/mol. The van der Waals surface area contributed by atoms with Gasteiger partial charge in [-0.3, -0.25) is 4.90 Å². The van der Waals surface area contributed by atoms with E-state index in [9.17, 15) is 13.2 Å². The van der Waals surface area contributed by atoms with Crippen LogP contribution in [-0.4, -0.2) is 44.2 Å². The summed E-state index contributed by atoms with van der Waals surface area (Å²) in [7, 11) is -3.71. The van der Waals surface area contributed by atoms with Crippen LogP contribution < -0.4 is 10.0 Å². The quantitative estimate of drug-likeness (QED) is 0.638. The highest BCUT2D eigenvalue weighted by Gasteiger charge is 2.27. The predicted molar refractivity (Wildman–Crippen MR) is 118 cm³/mol. The van der Waals surface area contributed by atoms with Gasteiger partial charge >= 0.3 is 6.03 Å². The summed E-state index contributed by atoms with van der Waals surface area (Å²) >= 11 is 0. The molecule has 0 saturated heterocycles. The fourth-order valence-electron chi connectivity index (χ4n) is 4.84. The van der Waals surface area contributed by atoms with Crippen molar-refractivity contribution in [3.63, 3.8) is 0 Å². The number of amides is 2. The standard InChI is InChI=1S/C22H35N3O3S/c1-4-12-25(13-5-2)16(3)15-29(27,28)24-22(26)23-21-19-10-6-8-17(19)14-18-9-7-11-20(18)21/h14,16H,4-13,15H2,1-3H3,(H2,23,24,26). The molecule has 0 aromatic heterocycles. The molecule has 2 aliphatic carbocycles. The Hall–Kier alpha value is -1.60. The van der Waals surface area contributed by atoms with E-state index in [0.29, 0.717) is 0 Å². The van der Waals surface area contributed by atoms with Crippen LogP contribution >= 0.6 is 0 Å². The van der Waals surface area contributed by atoms with Crippen LogP contribution in [0.25, 0.3) is 0 Å². The Morgan fingerprint density at radius 2 is 1.59 bits per heavy atom. The van der Waals surface area contributed by atoms with E-state index >= 15 is 0 Å². The minimum Gasteiger partial charge on any atom is -0.307 e. The fourth-order valence-corrected chi connectivity index (χ4v) is 6.10. The number of carbonyl (C=O) groups is 1. The Morgan fingerprint density at radius 3 is 2.10 bits per heavy atom. The lowest BCUT2D eigenvalue weighted by Gasteiger charge is -2.28. The van der Waals surface area contributed by atoms with Crippen molar-refractivity contribution >= 4 is 21.7 Å². The molecule has 0 radical (unpaired) electrons. The van der Waals surface area contributed by atoms with Gasteiger partial charge in [0.25, 0.3) is 0 Å². The topological polar surface area (TPSA) is 78.5 Å². The fraction of sp³-hybridized carbons (Fsp3) is 0.682. The highest BCUT2D eigenvalue weighted by molar-refractivity contribution is 7.90. The number of aryl methyl sites for hydroxylation is 2. The van der Waals surface area contributed by atoms with Gasteiger partial charge in [0.05, 0.1) is 5.75 Å². The lowest BCUT2D eigenvalue weighted by molar-refractivity contribution is 0.223. The van der Waals surface area contributed by atoms with Crippen LogP contribution in [0.15, 0.2) is 6.07 Å². The van der Waals surface area contributed by atoms with Gasteiger partial charge in [-0.2, -0.15) is 0 Å². The molecule has 0 spiro atoms. The first-order chi connectivity index (χ1) is 13.8. The Bertz CT molecular complexity index is 813. The van der Waals surface area contributed by atoms with E-state index in [4.69, 9.17) is 0 Å². The number of anilines is 1. The molecule has 0 fully saturated rings. The van der Waals surface area contributed by atoms with Crippen LogP contribution in [0.5, 0.6) is 0 Å². The minimum absolute atomic E-state index is 0.0780. The monoisotopic (exact) mass is 421 g/mol. The average molecular weight is 422 g/mol. The zero-order valence-electron chi connectivity index (χ0n) is 18.0. The molecular formula is C22H35N3O3S. The zero-order valence-corrected chi connectivity index (χ0v) is 18.8. The van der Waals surface area contributed by atoms with Gasteiger partial charge in [-0.25, -0.2) is 17.9 Å². The van der Waals surface area contributed by atoms with Crippen molar-refractivity contribution in [1.82, 2.24) is 9.62 Å². The number of benzene rings is 1. The van der Waals surface area contributed by atoms with Crippen LogP contribution in [0.3, 0.4) is 0 Å². The van der Waals surface area contributed by atoms with E-state index in [1.165, 1.54) is 22.3 Å². The minimum atomic E-state index is -3.71. The Kier molecular flexibility index (Phi) is 7.22. The SMILES string of the molecule is CCCN(CCC)C(C)CS(=O)(=O)NC(=O)Nc1c2c(cc3c1CCC3)CCC2. The molecule has 0 saturated carbocycles. The maximum atomic E-state index is 12.6. The molecule has 29 heavy (non-hydrogen) atoms. The first-order valence-electron chi connectivity index (χ1n) is 11.1. The molecule has 1 aromatic carbocycles. The third-order valence-electron chi connectivity index (χ3n) is 6.07. The predicted octanol–water partition coefficient (Wildman–Crippen LogP) is 3.63. The van der Waals surface area contributed by atoms with E-state index in [2.05, 4.69) is 34.9 Å². The molecule has 7 heteroatoms. The number of hydrogen-bond donors (Lipinski definition) is 2. The summed E-state index contributed by atoms with van der Waals surface area (Å²) < 4.78 is 27.5. The van der Waals surface area contributed by atoms with Gasteiger partial charge < -0.3 is 5.32 Å². The Morgan fingerprint density at radius 1 is 1.03 bits per heavy atom. The van der Waals surface area contributed by atoms with Gasteiger partial charge in [0.15, 0.2) is 0 Å². The summed E-state index contributed by atoms with van der Waals surface area (Å²) in [5.74, 6) is -0.0780. The summed E-state index contributed by atoms with van der Waals surface area (Å²) in [6.07, 6.45) is 8.12. The van der Waals surface area contributed by atoms with E-state index in [-0.39, 0.29) is 11.8 Å². The van der Waals surface area contributed by atoms with Crippen LogP contribution in [0, 0.1) is 0 Å². The van der Waals surface area contributed by atoms with Crippen LogP contribution in [0.4, 0.5) is 10.5 Å². The van der Waals surface area contributed by atoms with E-state index in [1.54, 1.807) is 0 Å². The zero-order chi connectivity index (χ0) is 21.0. The van der Waals surface area contributed by atoms with E-state index in [1.807, 2.05) is 6.92 Å². The van der Waals surface area contributed by atoms with Crippen molar-refractivity contribution < 1.29 is 13.2 Å². The summed E-state index contributed by atoms with van der Waals surface area (Å²) in [4.78, 5) is 14.8. The largest absolute Gasteiger partial charge is 0.332 e. The molecule has 2 amide bonds. The number of rotatable bonds is 9. The third kappa shape index (κ3) is 5.31. The number of nitrogens with one attached hydrogen (secondary N) is 2. The highest BCUT2D eigenvalue weighted by atomic mass is 32.2. The molecule has 1 aromatic rings. The molecule has 0 bridgehead atoms. The van der Waals surface area contributed by atoms with Crippen molar-refractivity contribution in [2.24, 2.45) is 0 Å². The number of urea groups is 1. The average Bonchev–Trinajstić information content (AvgIpc) is 3.29. The van der Waals surface area contributed by atoms with Crippen molar-refractivity contribution in [2.75, 3.05) is 24.2 Å². The molecule has 6 nitrogen and oxygen atoms in total. The Labute approximate surface area is 175 Å². The number of fused-ring (bicyclic) bond motifs is 2. The molecule has 3 rings (SSSR count). The smallest absolute Gasteiger partial charge is 0.307 e. The van der Waals surface area contributed by atoms with Gasteiger partial charge in [0.2, 0.25) is 10.0 Å². The molecule has 1 unspecified atom stereocenters. The highest BCUT2D eigenvalue weighted by Crippen LogP contribution is 2.38. The second kappa shape index (κ2) is 9.47. The van der Waals surface area contributed by atoms with Crippen LogP contribution in [0.2, 0.25) is 0 Å². The van der Waals surface area contributed by atoms with Gasteiger partial charge in [-0.05, 0) is 93.6 Å². The molecule has 0 aliphatic heterocycles. The van der Waals surface area contributed by atoms with E-state index in [0.717, 1.165) is 70.1 Å². The lowest BCUT2D eigenvalue weighted by atomic mass is 9.99. The summed E-state index contributed by atoms with van der Waals surface area (Å²) in [5.41, 5.74) is 5.89. The maximum absolute atomic E-state index is 12.6.